The van der Waals surface area contributed by atoms with Crippen molar-refractivity contribution in [3.63, 3.8) is 0 Å². The maximum absolute atomic E-state index is 10.2. The minimum absolute atomic E-state index is 0.346. The molecule has 1 aliphatic carbocycles. The molecule has 0 radical (unpaired) electrons. The van der Waals surface area contributed by atoms with Crippen LogP contribution in [0.3, 0.4) is 0 Å². The minimum Gasteiger partial charge on any atom is -0.508 e. The van der Waals surface area contributed by atoms with E-state index in [-0.39, 0.29) is 0 Å². The Balaban J connectivity index is 1.55. The van der Waals surface area contributed by atoms with E-state index in [1.807, 2.05) is 6.07 Å². The highest BCUT2D eigenvalue weighted by Gasteiger charge is 2.24. The highest BCUT2D eigenvalue weighted by atomic mass is 16.3. The summed E-state index contributed by atoms with van der Waals surface area (Å²) in [5.41, 5.74) is 3.88. The van der Waals surface area contributed by atoms with Gasteiger partial charge in [-0.3, -0.25) is 0 Å². The van der Waals surface area contributed by atoms with Gasteiger partial charge in [-0.25, -0.2) is 0 Å². The van der Waals surface area contributed by atoms with Gasteiger partial charge in [0.2, 0.25) is 0 Å². The zero-order valence-corrected chi connectivity index (χ0v) is 16.7. The quantitative estimate of drug-likeness (QED) is 0.491. The fourth-order valence-corrected chi connectivity index (χ4v) is 4.49. The number of hydrogen-bond acceptors (Lipinski definition) is 2. The first-order valence-corrected chi connectivity index (χ1v) is 10.8. The molecule has 1 saturated carbocycles. The molecule has 2 N–H and O–H groups in total. The normalized spacial score (nSPS) is 19.9. The van der Waals surface area contributed by atoms with Gasteiger partial charge in [0.05, 0.1) is 0 Å². The lowest BCUT2D eigenvalue weighted by Gasteiger charge is -2.29. The molecule has 0 aliphatic heterocycles. The van der Waals surface area contributed by atoms with Gasteiger partial charge in [0.15, 0.2) is 0 Å². The van der Waals surface area contributed by atoms with Gasteiger partial charge in [-0.15, -0.1) is 0 Å². The van der Waals surface area contributed by atoms with Crippen LogP contribution in [-0.4, -0.2) is 10.2 Å². The molecule has 0 aromatic heterocycles. The molecule has 1 fully saturated rings. The summed E-state index contributed by atoms with van der Waals surface area (Å²) in [4.78, 5) is 0. The zero-order valence-electron chi connectivity index (χ0n) is 16.7. The van der Waals surface area contributed by atoms with Crippen molar-refractivity contribution in [3.8, 4) is 11.5 Å². The summed E-state index contributed by atoms with van der Waals surface area (Å²) in [7, 11) is 0. The van der Waals surface area contributed by atoms with E-state index in [0.29, 0.717) is 23.3 Å². The molecule has 2 heteroatoms. The lowest BCUT2D eigenvalue weighted by Crippen LogP contribution is -2.12. The third kappa shape index (κ3) is 5.51. The average Bonchev–Trinajstić information content (AvgIpc) is 2.70. The van der Waals surface area contributed by atoms with E-state index in [0.717, 1.165) is 12.0 Å². The number of aromatic hydroxyl groups is 2. The van der Waals surface area contributed by atoms with E-state index >= 15 is 0 Å². The molecule has 1 aliphatic rings. The third-order valence-corrected chi connectivity index (χ3v) is 6.22. The van der Waals surface area contributed by atoms with Crippen LogP contribution in [-0.2, 0) is 6.42 Å². The highest BCUT2D eigenvalue weighted by Crippen LogP contribution is 2.41. The lowest BCUT2D eigenvalue weighted by molar-refractivity contribution is 0.395. The number of phenols is 2. The Kier molecular flexibility index (Phi) is 7.20. The zero-order chi connectivity index (χ0) is 19.1. The van der Waals surface area contributed by atoms with Crippen LogP contribution in [0.1, 0.15) is 93.2 Å². The molecule has 0 amide bonds. The smallest absolute Gasteiger partial charge is 0.118 e. The summed E-state index contributed by atoms with van der Waals surface area (Å²) in [5, 5.41) is 19.7. The SMILES string of the molecule is CCCCCCCc1cc(C2CCC(c3ccc(O)cc3)CC2)ccc1O. The first-order valence-electron chi connectivity index (χ1n) is 10.8. The van der Waals surface area contributed by atoms with E-state index < -0.39 is 0 Å². The first kappa shape index (κ1) is 19.8. The standard InChI is InChI=1S/C25H34O2/c1-2-3-4-5-6-7-23-18-22(14-17-25(23)27)21-10-8-19(9-11-21)20-12-15-24(26)16-13-20/h12-19,21,26-27H,2-11H2,1H3. The monoisotopic (exact) mass is 366 g/mol. The predicted octanol–water partition coefficient (Wildman–Crippen LogP) is 7.05. The maximum Gasteiger partial charge on any atom is 0.118 e. The molecule has 0 heterocycles. The van der Waals surface area contributed by atoms with Gasteiger partial charge in [0.1, 0.15) is 11.5 Å². The second kappa shape index (κ2) is 9.82. The van der Waals surface area contributed by atoms with Crippen LogP contribution in [0.5, 0.6) is 11.5 Å². The van der Waals surface area contributed by atoms with Crippen molar-refractivity contribution in [1.29, 1.82) is 0 Å². The summed E-state index contributed by atoms with van der Waals surface area (Å²) in [6.07, 6.45) is 12.1. The summed E-state index contributed by atoms with van der Waals surface area (Å²) < 4.78 is 0. The minimum atomic E-state index is 0.346. The van der Waals surface area contributed by atoms with Crippen LogP contribution in [0, 0.1) is 0 Å². The Morgan fingerprint density at radius 2 is 1.33 bits per heavy atom. The van der Waals surface area contributed by atoms with Crippen molar-refractivity contribution >= 4 is 0 Å². The number of hydrogen-bond donors (Lipinski definition) is 2. The van der Waals surface area contributed by atoms with Gasteiger partial charge >= 0.3 is 0 Å². The molecule has 146 valence electrons. The van der Waals surface area contributed by atoms with Crippen LogP contribution in [0.15, 0.2) is 42.5 Å². The molecule has 2 nitrogen and oxygen atoms in total. The number of benzene rings is 2. The summed E-state index contributed by atoms with van der Waals surface area (Å²) in [6.45, 7) is 2.24. The van der Waals surface area contributed by atoms with Crippen LogP contribution in [0.2, 0.25) is 0 Å². The van der Waals surface area contributed by atoms with E-state index in [1.54, 1.807) is 12.1 Å². The maximum atomic E-state index is 10.2. The highest BCUT2D eigenvalue weighted by molar-refractivity contribution is 5.38. The molecule has 0 bridgehead atoms. The van der Waals surface area contributed by atoms with Gasteiger partial charge in [-0.05, 0) is 85.3 Å². The van der Waals surface area contributed by atoms with E-state index in [2.05, 4.69) is 31.2 Å². The average molecular weight is 367 g/mol. The molecule has 2 aromatic rings. The van der Waals surface area contributed by atoms with Gasteiger partial charge in [-0.1, -0.05) is 56.9 Å². The predicted molar refractivity (Wildman–Crippen MR) is 113 cm³/mol. The van der Waals surface area contributed by atoms with Crippen molar-refractivity contribution in [3.05, 3.63) is 59.2 Å². The molecule has 27 heavy (non-hydrogen) atoms. The fraction of sp³-hybridized carbons (Fsp3) is 0.520. The largest absolute Gasteiger partial charge is 0.508 e. The topological polar surface area (TPSA) is 40.5 Å². The molecule has 3 rings (SSSR count). The number of unbranched alkanes of at least 4 members (excludes halogenated alkanes) is 4. The van der Waals surface area contributed by atoms with Crippen LogP contribution in [0.25, 0.3) is 0 Å². The lowest BCUT2D eigenvalue weighted by atomic mass is 9.76. The Hall–Kier alpha value is -1.96. The van der Waals surface area contributed by atoms with E-state index in [1.165, 1.54) is 68.9 Å². The summed E-state index contributed by atoms with van der Waals surface area (Å²) in [6, 6.07) is 14.0. The molecule has 0 atom stereocenters. The Bertz CT molecular complexity index is 697. The van der Waals surface area contributed by atoms with Crippen molar-refractivity contribution in [2.75, 3.05) is 0 Å². The molecular weight excluding hydrogens is 332 g/mol. The Labute approximate surface area is 164 Å². The number of phenolic OH excluding ortho intramolecular Hbond substituents is 2. The van der Waals surface area contributed by atoms with Crippen molar-refractivity contribution in [2.45, 2.75) is 83.0 Å². The molecule has 0 spiro atoms. The second-order valence-corrected chi connectivity index (χ2v) is 8.19. The molecule has 2 aromatic carbocycles. The molecule has 0 unspecified atom stereocenters. The van der Waals surface area contributed by atoms with Gasteiger partial charge < -0.3 is 10.2 Å². The number of rotatable bonds is 8. The Morgan fingerprint density at radius 3 is 2.00 bits per heavy atom. The van der Waals surface area contributed by atoms with E-state index in [9.17, 15) is 10.2 Å². The van der Waals surface area contributed by atoms with E-state index in [4.69, 9.17) is 0 Å². The summed E-state index contributed by atoms with van der Waals surface area (Å²) >= 11 is 0. The van der Waals surface area contributed by atoms with Crippen LogP contribution in [0.4, 0.5) is 0 Å². The van der Waals surface area contributed by atoms with Gasteiger partial charge in [-0.2, -0.15) is 0 Å². The molecule has 0 saturated heterocycles. The second-order valence-electron chi connectivity index (χ2n) is 8.19. The van der Waals surface area contributed by atoms with Crippen molar-refractivity contribution in [1.82, 2.24) is 0 Å². The first-order chi connectivity index (χ1) is 13.2. The Morgan fingerprint density at radius 1 is 0.741 bits per heavy atom. The fourth-order valence-electron chi connectivity index (χ4n) is 4.49. The summed E-state index contributed by atoms with van der Waals surface area (Å²) in [5.74, 6) is 2.03. The van der Waals surface area contributed by atoms with Crippen molar-refractivity contribution in [2.24, 2.45) is 0 Å². The van der Waals surface area contributed by atoms with Crippen molar-refractivity contribution < 1.29 is 10.2 Å². The number of aryl methyl sites for hydroxylation is 1. The van der Waals surface area contributed by atoms with Gasteiger partial charge in [0.25, 0.3) is 0 Å². The molecular formula is C25H34O2. The van der Waals surface area contributed by atoms with Crippen LogP contribution >= 0.6 is 0 Å². The van der Waals surface area contributed by atoms with Gasteiger partial charge in [0, 0.05) is 0 Å². The van der Waals surface area contributed by atoms with Crippen LogP contribution < -0.4 is 0 Å². The third-order valence-electron chi connectivity index (χ3n) is 6.22.